The topological polar surface area (TPSA) is 65.9 Å². The Morgan fingerprint density at radius 1 is 1.06 bits per heavy atom. The monoisotopic (exact) mass is 463 g/mol. The van der Waals surface area contributed by atoms with Crippen molar-refractivity contribution in [3.8, 4) is 34.4 Å². The van der Waals surface area contributed by atoms with Crippen LogP contribution in [0.15, 0.2) is 61.1 Å². The summed E-state index contributed by atoms with van der Waals surface area (Å²) in [6, 6.07) is 18.9. The molecule has 0 unspecified atom stereocenters. The molecule has 176 valence electrons. The average molecular weight is 464 g/mol. The predicted octanol–water partition coefficient (Wildman–Crippen LogP) is 4.27. The number of nitrogens with zero attached hydrogens (tertiary/aromatic N) is 7. The van der Waals surface area contributed by atoms with Gasteiger partial charge in [-0.2, -0.15) is 5.26 Å². The van der Waals surface area contributed by atoms with E-state index in [1.807, 2.05) is 30.6 Å². The largest absolute Gasteiger partial charge is 0.371 e. The van der Waals surface area contributed by atoms with Crippen LogP contribution in [0.25, 0.3) is 28.3 Å². The van der Waals surface area contributed by atoms with Gasteiger partial charge in [0, 0.05) is 43.6 Å². The van der Waals surface area contributed by atoms with Crippen LogP contribution in [0.4, 0.5) is 5.69 Å². The lowest BCUT2D eigenvalue weighted by atomic mass is 9.98. The fourth-order valence-electron chi connectivity index (χ4n) is 5.58. The molecule has 2 aromatic carbocycles. The zero-order valence-electron chi connectivity index (χ0n) is 20.4. The van der Waals surface area contributed by atoms with Crippen LogP contribution in [0.3, 0.4) is 0 Å². The fraction of sp³-hybridized carbons (Fsp3) is 0.321. The minimum absolute atomic E-state index is 0.666. The van der Waals surface area contributed by atoms with Gasteiger partial charge in [0.15, 0.2) is 5.82 Å². The Morgan fingerprint density at radius 3 is 2.66 bits per heavy atom. The molecule has 2 aliphatic rings. The lowest BCUT2D eigenvalue weighted by molar-refractivity contribution is 0.301. The Balaban J connectivity index is 1.36. The van der Waals surface area contributed by atoms with E-state index in [2.05, 4.69) is 86.7 Å². The van der Waals surface area contributed by atoms with Crippen LogP contribution in [0, 0.1) is 23.2 Å². The zero-order valence-corrected chi connectivity index (χ0v) is 20.4. The van der Waals surface area contributed by atoms with E-state index in [0.29, 0.717) is 17.4 Å². The Labute approximate surface area is 205 Å². The van der Waals surface area contributed by atoms with Crippen molar-refractivity contribution in [2.75, 3.05) is 38.6 Å². The van der Waals surface area contributed by atoms with Crippen molar-refractivity contribution in [2.45, 2.75) is 13.5 Å². The van der Waals surface area contributed by atoms with Gasteiger partial charge in [-0.3, -0.25) is 4.57 Å². The number of benzene rings is 2. The number of rotatable bonds is 4. The second-order valence-corrected chi connectivity index (χ2v) is 10.2. The lowest BCUT2D eigenvalue weighted by Gasteiger charge is -2.22. The van der Waals surface area contributed by atoms with Crippen molar-refractivity contribution in [1.82, 2.24) is 24.2 Å². The molecule has 2 atom stereocenters. The molecular weight excluding hydrogens is 434 g/mol. The molecule has 1 fully saturated rings. The molecule has 1 saturated heterocycles. The third-order valence-electron chi connectivity index (χ3n) is 7.42. The summed E-state index contributed by atoms with van der Waals surface area (Å²) in [5.74, 6) is 2.20. The fourth-order valence-corrected chi connectivity index (χ4v) is 5.58. The summed E-state index contributed by atoms with van der Waals surface area (Å²) < 4.78 is 4.37. The molecule has 4 heterocycles. The first-order valence-electron chi connectivity index (χ1n) is 12.1. The summed E-state index contributed by atoms with van der Waals surface area (Å²) in [5, 5.41) is 17.8. The molecule has 7 heteroatoms. The Morgan fingerprint density at radius 2 is 1.89 bits per heavy atom. The lowest BCUT2D eigenvalue weighted by Crippen LogP contribution is -2.27. The van der Waals surface area contributed by atoms with Crippen molar-refractivity contribution >= 4 is 5.69 Å². The molecule has 4 aromatic rings. The van der Waals surface area contributed by atoms with Gasteiger partial charge in [-0.25, -0.2) is 0 Å². The normalized spacial score (nSPS) is 18.7. The number of hydrogen-bond acceptors (Lipinski definition) is 5. The zero-order chi connectivity index (χ0) is 24.1. The molecular formula is C28H29N7. The van der Waals surface area contributed by atoms with Crippen LogP contribution >= 0.6 is 0 Å². The third kappa shape index (κ3) is 3.80. The summed E-state index contributed by atoms with van der Waals surface area (Å²) in [6.07, 6.45) is 3.99. The minimum atomic E-state index is 0.666. The maximum absolute atomic E-state index is 9.13. The Bertz CT molecular complexity index is 1420. The van der Waals surface area contributed by atoms with Crippen LogP contribution in [0.1, 0.15) is 18.1 Å². The van der Waals surface area contributed by atoms with E-state index in [1.54, 1.807) is 0 Å². The molecule has 0 spiro atoms. The second kappa shape index (κ2) is 8.40. The van der Waals surface area contributed by atoms with E-state index in [0.717, 1.165) is 54.5 Å². The maximum Gasteiger partial charge on any atom is 0.185 e. The molecule has 6 rings (SSSR count). The van der Waals surface area contributed by atoms with Crippen LogP contribution in [-0.4, -0.2) is 58.0 Å². The average Bonchev–Trinajstić information content (AvgIpc) is 3.56. The summed E-state index contributed by atoms with van der Waals surface area (Å²) in [7, 11) is 4.32. The van der Waals surface area contributed by atoms with Gasteiger partial charge in [0.1, 0.15) is 6.33 Å². The van der Waals surface area contributed by atoms with Gasteiger partial charge in [0.25, 0.3) is 0 Å². The van der Waals surface area contributed by atoms with Gasteiger partial charge < -0.3 is 14.4 Å². The standard InChI is InChI=1S/C28H29N7/c1-19-13-33(17-24(19)14-32(2)3)25-8-9-26-23(10-25)16-34-15-22(21-6-4-20(12-29)5-7-21)11-27(34)28-31-30-18-35(26)28/h4-11,15,18-19,24H,13-14,16-17H2,1-3H3/t19-,24-/m1/s1. The number of fused-ring (bicyclic) bond motifs is 5. The highest BCUT2D eigenvalue weighted by atomic mass is 15.3. The van der Waals surface area contributed by atoms with Crippen LogP contribution in [0.2, 0.25) is 0 Å². The smallest absolute Gasteiger partial charge is 0.185 e. The number of nitriles is 1. The van der Waals surface area contributed by atoms with Crippen molar-refractivity contribution in [3.05, 3.63) is 72.2 Å². The highest BCUT2D eigenvalue weighted by molar-refractivity contribution is 5.72. The minimum Gasteiger partial charge on any atom is -0.371 e. The van der Waals surface area contributed by atoms with Gasteiger partial charge >= 0.3 is 0 Å². The van der Waals surface area contributed by atoms with Crippen molar-refractivity contribution in [1.29, 1.82) is 5.26 Å². The maximum atomic E-state index is 9.13. The van der Waals surface area contributed by atoms with Crippen LogP contribution in [0.5, 0.6) is 0 Å². The van der Waals surface area contributed by atoms with Gasteiger partial charge in [-0.05, 0) is 73.5 Å². The molecule has 0 radical (unpaired) electrons. The van der Waals surface area contributed by atoms with Crippen LogP contribution < -0.4 is 4.90 Å². The number of aromatic nitrogens is 4. The van der Waals surface area contributed by atoms with Crippen molar-refractivity contribution in [2.24, 2.45) is 11.8 Å². The summed E-state index contributed by atoms with van der Waals surface area (Å²) in [5.41, 5.74) is 7.58. The van der Waals surface area contributed by atoms with E-state index >= 15 is 0 Å². The second-order valence-electron chi connectivity index (χ2n) is 10.2. The van der Waals surface area contributed by atoms with E-state index < -0.39 is 0 Å². The van der Waals surface area contributed by atoms with E-state index in [1.165, 1.54) is 11.3 Å². The first kappa shape index (κ1) is 21.6. The number of hydrogen-bond donors (Lipinski definition) is 0. The SMILES string of the molecule is C[C@@H]1CN(c2ccc3c(c2)Cn2cc(-c4ccc(C#N)cc4)cc2-c2nncn2-3)C[C@H]1CN(C)C. The molecule has 0 N–H and O–H groups in total. The van der Waals surface area contributed by atoms with Crippen molar-refractivity contribution < 1.29 is 0 Å². The highest BCUT2D eigenvalue weighted by Crippen LogP contribution is 2.36. The molecule has 35 heavy (non-hydrogen) atoms. The molecule has 0 bridgehead atoms. The summed E-state index contributed by atoms with van der Waals surface area (Å²) in [4.78, 5) is 4.84. The number of anilines is 1. The van der Waals surface area contributed by atoms with E-state index in [-0.39, 0.29) is 0 Å². The van der Waals surface area contributed by atoms with Crippen LogP contribution in [-0.2, 0) is 6.54 Å². The van der Waals surface area contributed by atoms with Crippen molar-refractivity contribution in [3.63, 3.8) is 0 Å². The Kier molecular flexibility index (Phi) is 5.19. The van der Waals surface area contributed by atoms with E-state index in [9.17, 15) is 0 Å². The molecule has 7 nitrogen and oxygen atoms in total. The van der Waals surface area contributed by atoms with Gasteiger partial charge in [-0.1, -0.05) is 19.1 Å². The van der Waals surface area contributed by atoms with Gasteiger partial charge in [0.2, 0.25) is 0 Å². The molecule has 0 saturated carbocycles. The molecule has 2 aromatic heterocycles. The van der Waals surface area contributed by atoms with Gasteiger partial charge in [0.05, 0.1) is 23.0 Å². The Hall–Kier alpha value is -3.89. The molecule has 0 aliphatic carbocycles. The molecule has 2 aliphatic heterocycles. The highest BCUT2D eigenvalue weighted by Gasteiger charge is 2.31. The first-order valence-corrected chi connectivity index (χ1v) is 12.1. The summed E-state index contributed by atoms with van der Waals surface area (Å²) in [6.45, 7) is 6.44. The van der Waals surface area contributed by atoms with Gasteiger partial charge in [-0.15, -0.1) is 10.2 Å². The predicted molar refractivity (Wildman–Crippen MR) is 137 cm³/mol. The third-order valence-corrected chi connectivity index (χ3v) is 7.42. The quantitative estimate of drug-likeness (QED) is 0.398. The summed E-state index contributed by atoms with van der Waals surface area (Å²) >= 11 is 0. The first-order chi connectivity index (χ1) is 17.0. The van der Waals surface area contributed by atoms with E-state index in [4.69, 9.17) is 5.26 Å². The molecule has 0 amide bonds.